The van der Waals surface area contributed by atoms with Gasteiger partial charge in [-0.25, -0.2) is 15.3 Å². The number of hydroxylamine groups is 1. The maximum Gasteiger partial charge on any atom is 0.267 e. The fourth-order valence-corrected chi connectivity index (χ4v) is 2.47. The van der Waals surface area contributed by atoms with Crippen LogP contribution in [0.15, 0.2) is 42.7 Å². The minimum Gasteiger partial charge on any atom is -0.350 e. The maximum absolute atomic E-state index is 11.7. The Labute approximate surface area is 140 Å². The van der Waals surface area contributed by atoms with E-state index in [0.29, 0.717) is 6.61 Å². The van der Waals surface area contributed by atoms with Crippen LogP contribution < -0.4 is 5.48 Å². The highest BCUT2D eigenvalue weighted by Gasteiger charge is 2.14. The van der Waals surface area contributed by atoms with Crippen LogP contribution in [0.5, 0.6) is 0 Å². The minimum atomic E-state index is -0.336. The number of hydrogen-bond acceptors (Lipinski definition) is 4. The number of carbonyl (C=O) groups excluding carboxylic acids is 1. The summed E-state index contributed by atoms with van der Waals surface area (Å²) in [5.74, 6) is 0.628. The van der Waals surface area contributed by atoms with Crippen molar-refractivity contribution in [2.75, 3.05) is 6.61 Å². The highest BCUT2D eigenvalue weighted by Crippen LogP contribution is 2.12. The molecule has 2 aromatic rings. The Morgan fingerprint density at radius 2 is 2.25 bits per heavy atom. The molecule has 6 heteroatoms. The van der Waals surface area contributed by atoms with Gasteiger partial charge in [-0.3, -0.25) is 4.79 Å². The number of carbonyl (C=O) groups is 1. The molecule has 0 aliphatic carbocycles. The molecule has 0 spiro atoms. The number of nitrogens with one attached hydrogen (secondary N) is 2. The first kappa shape index (κ1) is 16.4. The summed E-state index contributed by atoms with van der Waals surface area (Å²) >= 11 is 0. The van der Waals surface area contributed by atoms with E-state index in [2.05, 4.69) is 15.4 Å². The summed E-state index contributed by atoms with van der Waals surface area (Å²) in [4.78, 5) is 24.3. The quantitative estimate of drug-likeness (QED) is 0.631. The Morgan fingerprint density at radius 3 is 2.96 bits per heavy atom. The first-order valence-corrected chi connectivity index (χ1v) is 8.12. The standard InChI is InChI=1S/C18H21N3O3/c22-17(21-24-18-3-1-2-12-23-18)9-8-14-4-6-15(7-5-14)13-16-19-10-11-20-16/h4-11,18H,1-3,12-13H2,(H,19,20)(H,21,22). The van der Waals surface area contributed by atoms with Crippen molar-refractivity contribution >= 4 is 12.0 Å². The first-order chi connectivity index (χ1) is 11.8. The summed E-state index contributed by atoms with van der Waals surface area (Å²) in [5.41, 5.74) is 4.50. The molecule has 1 unspecified atom stereocenters. The Kier molecular flexibility index (Phi) is 5.76. The van der Waals surface area contributed by atoms with Crippen molar-refractivity contribution in [1.29, 1.82) is 0 Å². The second-order valence-electron chi connectivity index (χ2n) is 5.67. The van der Waals surface area contributed by atoms with Crippen molar-refractivity contribution in [2.24, 2.45) is 0 Å². The molecule has 0 bridgehead atoms. The molecule has 2 N–H and O–H groups in total. The molecule has 1 aromatic heterocycles. The van der Waals surface area contributed by atoms with E-state index in [1.165, 1.54) is 6.08 Å². The largest absolute Gasteiger partial charge is 0.350 e. The molecule has 1 aliphatic rings. The molecule has 1 fully saturated rings. The number of aromatic amines is 1. The molecular formula is C18H21N3O3. The van der Waals surface area contributed by atoms with Gasteiger partial charge in [0.1, 0.15) is 5.82 Å². The van der Waals surface area contributed by atoms with E-state index < -0.39 is 0 Å². The lowest BCUT2D eigenvalue weighted by molar-refractivity contribution is -0.198. The fraction of sp³-hybridized carbons (Fsp3) is 0.333. The predicted octanol–water partition coefficient (Wildman–Crippen LogP) is 2.59. The van der Waals surface area contributed by atoms with Crippen molar-refractivity contribution < 1.29 is 14.4 Å². The van der Waals surface area contributed by atoms with Crippen LogP contribution in [0.3, 0.4) is 0 Å². The number of aromatic nitrogens is 2. The van der Waals surface area contributed by atoms with Crippen molar-refractivity contribution in [3.05, 3.63) is 59.7 Å². The summed E-state index contributed by atoms with van der Waals surface area (Å²) in [5, 5.41) is 0. The molecule has 1 aromatic carbocycles. The molecule has 0 radical (unpaired) electrons. The zero-order chi connectivity index (χ0) is 16.6. The topological polar surface area (TPSA) is 76.2 Å². The molecule has 6 nitrogen and oxygen atoms in total. The molecule has 1 saturated heterocycles. The van der Waals surface area contributed by atoms with Crippen LogP contribution in [-0.2, 0) is 20.8 Å². The van der Waals surface area contributed by atoms with E-state index in [1.807, 2.05) is 30.5 Å². The van der Waals surface area contributed by atoms with Gasteiger partial charge in [-0.15, -0.1) is 0 Å². The second kappa shape index (κ2) is 8.42. The molecule has 1 aliphatic heterocycles. The van der Waals surface area contributed by atoms with Gasteiger partial charge in [-0.2, -0.15) is 0 Å². The van der Waals surface area contributed by atoms with E-state index in [9.17, 15) is 4.79 Å². The average molecular weight is 327 g/mol. The zero-order valence-corrected chi connectivity index (χ0v) is 13.4. The molecule has 0 saturated carbocycles. The number of imidazole rings is 1. The summed E-state index contributed by atoms with van der Waals surface area (Å²) in [6, 6.07) is 7.97. The van der Waals surface area contributed by atoms with Crippen molar-refractivity contribution in [3.63, 3.8) is 0 Å². The van der Waals surface area contributed by atoms with Gasteiger partial charge >= 0.3 is 0 Å². The van der Waals surface area contributed by atoms with Gasteiger partial charge in [0.05, 0.1) is 0 Å². The Balaban J connectivity index is 1.45. The van der Waals surface area contributed by atoms with E-state index in [1.54, 1.807) is 12.3 Å². The van der Waals surface area contributed by atoms with Crippen LogP contribution in [0.25, 0.3) is 6.08 Å². The third-order valence-corrected chi connectivity index (χ3v) is 3.76. The fourth-order valence-electron chi connectivity index (χ4n) is 2.47. The number of H-pyrrole nitrogens is 1. The first-order valence-electron chi connectivity index (χ1n) is 8.12. The normalized spacial score (nSPS) is 17.9. The van der Waals surface area contributed by atoms with Crippen molar-refractivity contribution in [3.8, 4) is 0 Å². The van der Waals surface area contributed by atoms with E-state index >= 15 is 0 Å². The smallest absolute Gasteiger partial charge is 0.267 e. The lowest BCUT2D eigenvalue weighted by Gasteiger charge is -2.21. The number of hydrogen-bond donors (Lipinski definition) is 2. The summed E-state index contributed by atoms with van der Waals surface area (Å²) in [6.07, 6.45) is 10.1. The monoisotopic (exact) mass is 327 g/mol. The molecule has 3 rings (SSSR count). The second-order valence-corrected chi connectivity index (χ2v) is 5.67. The molecule has 1 amide bonds. The minimum absolute atomic E-state index is 0.302. The van der Waals surface area contributed by atoms with Gasteiger partial charge in [0.15, 0.2) is 6.29 Å². The number of rotatable bonds is 6. The highest BCUT2D eigenvalue weighted by atomic mass is 16.8. The molecule has 24 heavy (non-hydrogen) atoms. The van der Waals surface area contributed by atoms with Gasteiger partial charge in [-0.1, -0.05) is 24.3 Å². The maximum atomic E-state index is 11.7. The van der Waals surface area contributed by atoms with Crippen molar-refractivity contribution in [1.82, 2.24) is 15.4 Å². The zero-order valence-electron chi connectivity index (χ0n) is 13.4. The van der Waals surface area contributed by atoms with Crippen LogP contribution in [0.4, 0.5) is 0 Å². The molecule has 126 valence electrons. The van der Waals surface area contributed by atoms with E-state index in [-0.39, 0.29) is 12.2 Å². The number of ether oxygens (including phenoxy) is 1. The van der Waals surface area contributed by atoms with Crippen LogP contribution >= 0.6 is 0 Å². The molecule has 1 atom stereocenters. The lowest BCUT2D eigenvalue weighted by atomic mass is 10.1. The van der Waals surface area contributed by atoms with Crippen LogP contribution in [-0.4, -0.2) is 28.8 Å². The molecular weight excluding hydrogens is 306 g/mol. The Bertz CT molecular complexity index is 659. The van der Waals surface area contributed by atoms with Gasteiger partial charge in [0.2, 0.25) is 0 Å². The summed E-state index contributed by atoms with van der Waals surface area (Å²) in [6.45, 7) is 0.681. The van der Waals surface area contributed by atoms with Crippen LogP contribution in [0.1, 0.15) is 36.2 Å². The Hall–Kier alpha value is -2.44. The van der Waals surface area contributed by atoms with Gasteiger partial charge in [-0.05, 0) is 30.0 Å². The Morgan fingerprint density at radius 1 is 1.38 bits per heavy atom. The number of benzene rings is 1. The molecule has 2 heterocycles. The van der Waals surface area contributed by atoms with Gasteiger partial charge in [0, 0.05) is 37.9 Å². The third-order valence-electron chi connectivity index (χ3n) is 3.76. The van der Waals surface area contributed by atoms with E-state index in [0.717, 1.165) is 42.6 Å². The van der Waals surface area contributed by atoms with Gasteiger partial charge in [0.25, 0.3) is 5.91 Å². The summed E-state index contributed by atoms with van der Waals surface area (Å²) < 4.78 is 5.38. The SMILES string of the molecule is O=C(C=Cc1ccc(Cc2ncc[nH]2)cc1)NOC1CCCCO1. The highest BCUT2D eigenvalue weighted by molar-refractivity contribution is 5.90. The average Bonchev–Trinajstić information content (AvgIpc) is 3.13. The lowest BCUT2D eigenvalue weighted by Crippen LogP contribution is -2.32. The van der Waals surface area contributed by atoms with Gasteiger partial charge < -0.3 is 9.72 Å². The van der Waals surface area contributed by atoms with E-state index in [4.69, 9.17) is 9.57 Å². The number of nitrogens with zero attached hydrogens (tertiary/aromatic N) is 1. The van der Waals surface area contributed by atoms with Crippen LogP contribution in [0, 0.1) is 0 Å². The number of amides is 1. The predicted molar refractivity (Wildman–Crippen MR) is 89.7 cm³/mol. The van der Waals surface area contributed by atoms with Crippen molar-refractivity contribution in [2.45, 2.75) is 32.0 Å². The van der Waals surface area contributed by atoms with Crippen LogP contribution in [0.2, 0.25) is 0 Å². The summed E-state index contributed by atoms with van der Waals surface area (Å²) in [7, 11) is 0. The third kappa shape index (κ3) is 5.04.